The summed E-state index contributed by atoms with van der Waals surface area (Å²) < 4.78 is 5.25. The van der Waals surface area contributed by atoms with Crippen molar-refractivity contribution in [2.45, 2.75) is 19.8 Å². The average Bonchev–Trinajstić information content (AvgIpc) is 2.75. The van der Waals surface area contributed by atoms with Gasteiger partial charge >= 0.3 is 12.0 Å². The first kappa shape index (κ1) is 20.1. The second-order valence-electron chi connectivity index (χ2n) is 6.56. The Morgan fingerprint density at radius 3 is 2.17 bits per heavy atom. The van der Waals surface area contributed by atoms with Crippen LogP contribution in [0.5, 0.6) is 0 Å². The molecule has 0 fully saturated rings. The molecule has 0 aliphatic rings. The molecule has 3 rings (SSSR count). The molecule has 0 unspecified atom stereocenters. The van der Waals surface area contributed by atoms with Gasteiger partial charge in [0, 0.05) is 5.69 Å². The maximum absolute atomic E-state index is 12.4. The first-order valence-electron chi connectivity index (χ1n) is 9.67. The van der Waals surface area contributed by atoms with Crippen molar-refractivity contribution in [2.75, 3.05) is 17.2 Å². The maximum atomic E-state index is 12.4. The number of para-hydroxylation sites is 1. The van der Waals surface area contributed by atoms with E-state index in [9.17, 15) is 9.59 Å². The van der Waals surface area contributed by atoms with E-state index in [1.165, 1.54) is 0 Å². The van der Waals surface area contributed by atoms with Crippen molar-refractivity contribution in [3.8, 4) is 11.1 Å². The van der Waals surface area contributed by atoms with E-state index in [1.54, 1.807) is 24.3 Å². The molecule has 3 aromatic carbocycles. The van der Waals surface area contributed by atoms with Gasteiger partial charge in [-0.05, 0) is 41.8 Å². The first-order valence-corrected chi connectivity index (χ1v) is 9.67. The molecule has 0 aliphatic carbocycles. The van der Waals surface area contributed by atoms with Crippen LogP contribution in [0.25, 0.3) is 11.1 Å². The van der Waals surface area contributed by atoms with Gasteiger partial charge < -0.3 is 15.4 Å². The highest BCUT2D eigenvalue weighted by Gasteiger charge is 2.14. The molecule has 0 saturated carbocycles. The quantitative estimate of drug-likeness (QED) is 0.388. The van der Waals surface area contributed by atoms with Crippen molar-refractivity contribution in [1.29, 1.82) is 0 Å². The SMILES string of the molecule is CCCCOC(=O)c1ccccc1NC(=O)Nc1ccc(-c2ccccc2)cc1. The minimum atomic E-state index is -0.443. The number of anilines is 2. The third-order valence-electron chi connectivity index (χ3n) is 4.38. The van der Waals surface area contributed by atoms with Crippen LogP contribution in [0.3, 0.4) is 0 Å². The maximum Gasteiger partial charge on any atom is 0.340 e. The molecule has 0 atom stereocenters. The van der Waals surface area contributed by atoms with Crippen molar-refractivity contribution < 1.29 is 14.3 Å². The Bertz CT molecular complexity index is 953. The molecular weight excluding hydrogens is 364 g/mol. The third kappa shape index (κ3) is 5.69. The predicted molar refractivity (Wildman–Crippen MR) is 116 cm³/mol. The van der Waals surface area contributed by atoms with Gasteiger partial charge in [0.2, 0.25) is 0 Å². The Morgan fingerprint density at radius 2 is 1.45 bits per heavy atom. The molecule has 0 heterocycles. The summed E-state index contributed by atoms with van der Waals surface area (Å²) in [7, 11) is 0. The van der Waals surface area contributed by atoms with Gasteiger partial charge in [-0.3, -0.25) is 0 Å². The lowest BCUT2D eigenvalue weighted by Crippen LogP contribution is -2.21. The zero-order valence-corrected chi connectivity index (χ0v) is 16.4. The molecular formula is C24H24N2O3. The first-order chi connectivity index (χ1) is 14.2. The molecule has 0 spiro atoms. The molecule has 0 bridgehead atoms. The van der Waals surface area contributed by atoms with E-state index in [1.807, 2.05) is 61.5 Å². The van der Waals surface area contributed by atoms with Gasteiger partial charge in [0.15, 0.2) is 0 Å². The van der Waals surface area contributed by atoms with Crippen LogP contribution in [0, 0.1) is 0 Å². The second kappa shape index (κ2) is 10.1. The van der Waals surface area contributed by atoms with Crippen molar-refractivity contribution in [2.24, 2.45) is 0 Å². The van der Waals surface area contributed by atoms with E-state index in [-0.39, 0.29) is 0 Å². The molecule has 2 N–H and O–H groups in total. The summed E-state index contributed by atoms with van der Waals surface area (Å²) in [5.41, 5.74) is 3.58. The number of ether oxygens (including phenoxy) is 1. The number of rotatable bonds is 7. The van der Waals surface area contributed by atoms with Gasteiger partial charge in [0.1, 0.15) is 0 Å². The number of carbonyl (C=O) groups is 2. The van der Waals surface area contributed by atoms with E-state index < -0.39 is 12.0 Å². The van der Waals surface area contributed by atoms with Crippen LogP contribution in [0.4, 0.5) is 16.2 Å². The molecule has 5 nitrogen and oxygen atoms in total. The minimum absolute atomic E-state index is 0.332. The summed E-state index contributed by atoms with van der Waals surface area (Å²) in [6, 6.07) is 24.0. The number of carbonyl (C=O) groups excluding carboxylic acids is 2. The van der Waals surface area contributed by atoms with Crippen LogP contribution in [0.1, 0.15) is 30.1 Å². The fraction of sp³-hybridized carbons (Fsp3) is 0.167. The van der Waals surface area contributed by atoms with Crippen molar-refractivity contribution in [3.63, 3.8) is 0 Å². The minimum Gasteiger partial charge on any atom is -0.462 e. The average molecular weight is 388 g/mol. The van der Waals surface area contributed by atoms with Crippen molar-refractivity contribution in [3.05, 3.63) is 84.4 Å². The van der Waals surface area contributed by atoms with Gasteiger partial charge in [0.25, 0.3) is 0 Å². The molecule has 0 saturated heterocycles. The molecule has 0 aliphatic heterocycles. The summed E-state index contributed by atoms with van der Waals surface area (Å²) in [5.74, 6) is -0.443. The molecule has 2 amide bonds. The highest BCUT2D eigenvalue weighted by molar-refractivity contribution is 6.05. The van der Waals surface area contributed by atoms with Crippen LogP contribution >= 0.6 is 0 Å². The molecule has 0 aromatic heterocycles. The van der Waals surface area contributed by atoms with Crippen LogP contribution < -0.4 is 10.6 Å². The van der Waals surface area contributed by atoms with E-state index in [0.29, 0.717) is 23.5 Å². The van der Waals surface area contributed by atoms with Crippen LogP contribution in [-0.4, -0.2) is 18.6 Å². The monoisotopic (exact) mass is 388 g/mol. The Kier molecular flexibility index (Phi) is 7.00. The van der Waals surface area contributed by atoms with E-state index in [2.05, 4.69) is 10.6 Å². The third-order valence-corrected chi connectivity index (χ3v) is 4.38. The summed E-state index contributed by atoms with van der Waals surface area (Å²) in [6.07, 6.45) is 1.75. The predicted octanol–water partition coefficient (Wildman–Crippen LogP) is 5.95. The number of amides is 2. The normalized spacial score (nSPS) is 10.2. The van der Waals surface area contributed by atoms with Gasteiger partial charge in [0.05, 0.1) is 17.9 Å². The topological polar surface area (TPSA) is 67.4 Å². The zero-order valence-electron chi connectivity index (χ0n) is 16.4. The smallest absolute Gasteiger partial charge is 0.340 e. The van der Waals surface area contributed by atoms with E-state index >= 15 is 0 Å². The number of unbranched alkanes of at least 4 members (excludes halogenated alkanes) is 1. The van der Waals surface area contributed by atoms with Gasteiger partial charge in [-0.15, -0.1) is 0 Å². The van der Waals surface area contributed by atoms with Crippen molar-refractivity contribution >= 4 is 23.4 Å². The zero-order chi connectivity index (χ0) is 20.5. The number of nitrogens with one attached hydrogen (secondary N) is 2. The Morgan fingerprint density at radius 1 is 0.793 bits per heavy atom. The van der Waals surface area contributed by atoms with Gasteiger partial charge in [-0.2, -0.15) is 0 Å². The van der Waals surface area contributed by atoms with E-state index in [0.717, 1.165) is 24.0 Å². The fourth-order valence-electron chi connectivity index (χ4n) is 2.82. The van der Waals surface area contributed by atoms with Gasteiger partial charge in [-0.25, -0.2) is 9.59 Å². The van der Waals surface area contributed by atoms with Gasteiger partial charge in [-0.1, -0.05) is 67.9 Å². The highest BCUT2D eigenvalue weighted by Crippen LogP contribution is 2.21. The summed E-state index contributed by atoms with van der Waals surface area (Å²) >= 11 is 0. The van der Waals surface area contributed by atoms with Crippen molar-refractivity contribution in [1.82, 2.24) is 0 Å². The molecule has 29 heavy (non-hydrogen) atoms. The number of esters is 1. The fourth-order valence-corrected chi connectivity index (χ4v) is 2.82. The number of urea groups is 1. The lowest BCUT2D eigenvalue weighted by atomic mass is 10.1. The summed E-state index contributed by atoms with van der Waals surface area (Å²) in [6.45, 7) is 2.39. The second-order valence-corrected chi connectivity index (χ2v) is 6.56. The van der Waals surface area contributed by atoms with E-state index in [4.69, 9.17) is 4.74 Å². The number of hydrogen-bond donors (Lipinski definition) is 2. The standard InChI is InChI=1S/C24H24N2O3/c1-2-3-17-29-23(27)21-11-7-8-12-22(21)26-24(28)25-20-15-13-19(14-16-20)18-9-5-4-6-10-18/h4-16H,2-3,17H2,1H3,(H2,25,26,28). The van der Waals surface area contributed by atoms with Crippen LogP contribution in [0.15, 0.2) is 78.9 Å². The lowest BCUT2D eigenvalue weighted by molar-refractivity contribution is 0.0501. The number of benzene rings is 3. The Hall–Kier alpha value is -3.60. The largest absolute Gasteiger partial charge is 0.462 e. The highest BCUT2D eigenvalue weighted by atomic mass is 16.5. The molecule has 148 valence electrons. The Balaban J connectivity index is 1.63. The Labute approximate surface area is 170 Å². The number of hydrogen-bond acceptors (Lipinski definition) is 3. The lowest BCUT2D eigenvalue weighted by Gasteiger charge is -2.12. The van der Waals surface area contributed by atoms with Crippen LogP contribution in [0.2, 0.25) is 0 Å². The summed E-state index contributed by atoms with van der Waals surface area (Å²) in [4.78, 5) is 24.7. The molecule has 0 radical (unpaired) electrons. The molecule has 5 heteroatoms. The summed E-state index contributed by atoms with van der Waals surface area (Å²) in [5, 5.41) is 5.51. The van der Waals surface area contributed by atoms with Crippen LogP contribution in [-0.2, 0) is 4.74 Å². The molecule has 3 aromatic rings.